The van der Waals surface area contributed by atoms with Crippen molar-refractivity contribution in [2.75, 3.05) is 0 Å². The van der Waals surface area contributed by atoms with Crippen LogP contribution in [0.1, 0.15) is 18.0 Å². The zero-order chi connectivity index (χ0) is 14.5. The lowest BCUT2D eigenvalue weighted by atomic mass is 9.95. The molecule has 0 bridgehead atoms. The summed E-state index contributed by atoms with van der Waals surface area (Å²) in [5.74, 6) is -0.524. The van der Waals surface area contributed by atoms with Crippen LogP contribution in [-0.4, -0.2) is 23.6 Å². The van der Waals surface area contributed by atoms with Gasteiger partial charge in [0.15, 0.2) is 0 Å². The van der Waals surface area contributed by atoms with E-state index in [9.17, 15) is 13.2 Å². The van der Waals surface area contributed by atoms with E-state index < -0.39 is 21.2 Å². The molecule has 0 radical (unpaired) electrons. The molecule has 0 N–H and O–H groups in total. The fourth-order valence-corrected chi connectivity index (χ4v) is 3.88. The summed E-state index contributed by atoms with van der Waals surface area (Å²) in [5.41, 5.74) is 1.19. The van der Waals surface area contributed by atoms with Gasteiger partial charge in [-0.1, -0.05) is 17.7 Å². The Morgan fingerprint density at radius 2 is 2.05 bits per heavy atom. The molecule has 1 saturated heterocycles. The Labute approximate surface area is 124 Å². The van der Waals surface area contributed by atoms with Crippen molar-refractivity contribution in [1.29, 1.82) is 0 Å². The molecule has 5 nitrogen and oxygen atoms in total. The van der Waals surface area contributed by atoms with E-state index in [-0.39, 0.29) is 6.42 Å². The van der Waals surface area contributed by atoms with Crippen LogP contribution >= 0.6 is 22.3 Å². The van der Waals surface area contributed by atoms with E-state index in [1.54, 1.807) is 30.5 Å². The number of carbonyl (C=O) groups excluding carboxylic acids is 1. The van der Waals surface area contributed by atoms with Crippen LogP contribution in [0.5, 0.6) is 0 Å². The molecule has 1 atom stereocenters. The van der Waals surface area contributed by atoms with Gasteiger partial charge >= 0.3 is 9.24 Å². The number of fused-ring (bicyclic) bond motifs is 1. The third kappa shape index (κ3) is 2.04. The average molecular weight is 331 g/mol. The van der Waals surface area contributed by atoms with Crippen LogP contribution in [-0.2, 0) is 14.0 Å². The van der Waals surface area contributed by atoms with Gasteiger partial charge in [0.05, 0.1) is 18.0 Å². The molecule has 1 aliphatic rings. The molecule has 0 aliphatic carbocycles. The number of β-lactam (4-membered cyclic amide) rings is 1. The second kappa shape index (κ2) is 4.58. The summed E-state index contributed by atoms with van der Waals surface area (Å²) in [6.45, 7) is 0. The largest absolute Gasteiger partial charge is 0.324 e. The maximum Gasteiger partial charge on any atom is 0.324 e. The third-order valence-electron chi connectivity index (χ3n) is 3.24. The third-order valence-corrected chi connectivity index (χ3v) is 4.94. The van der Waals surface area contributed by atoms with E-state index in [0.29, 0.717) is 25.8 Å². The van der Waals surface area contributed by atoms with E-state index in [1.807, 2.05) is 0 Å². The Morgan fingerprint density at radius 1 is 1.30 bits per heavy atom. The zero-order valence-electron chi connectivity index (χ0n) is 9.95. The van der Waals surface area contributed by atoms with Crippen molar-refractivity contribution in [1.82, 2.24) is 9.29 Å². The number of amides is 1. The summed E-state index contributed by atoms with van der Waals surface area (Å²) >= 11 is 6.09. The van der Waals surface area contributed by atoms with Crippen molar-refractivity contribution in [3.8, 4) is 0 Å². The number of halogens is 2. The minimum atomic E-state index is -4.10. The molecule has 1 aromatic carbocycles. The van der Waals surface area contributed by atoms with Crippen LogP contribution in [0.3, 0.4) is 0 Å². The van der Waals surface area contributed by atoms with Crippen LogP contribution < -0.4 is 0 Å². The van der Waals surface area contributed by atoms with Crippen molar-refractivity contribution in [2.45, 2.75) is 12.5 Å². The highest BCUT2D eigenvalue weighted by atomic mass is 35.7. The highest BCUT2D eigenvalue weighted by Gasteiger charge is 2.45. The van der Waals surface area contributed by atoms with Gasteiger partial charge in [-0.15, -0.1) is 0 Å². The van der Waals surface area contributed by atoms with Gasteiger partial charge in [0, 0.05) is 32.9 Å². The molecule has 2 aromatic rings. The number of pyridine rings is 1. The first kappa shape index (κ1) is 13.6. The summed E-state index contributed by atoms with van der Waals surface area (Å²) in [6.07, 6.45) is 1.67. The van der Waals surface area contributed by atoms with Gasteiger partial charge < -0.3 is 0 Å². The van der Waals surface area contributed by atoms with E-state index in [2.05, 4.69) is 4.98 Å². The van der Waals surface area contributed by atoms with Crippen molar-refractivity contribution in [3.05, 3.63) is 41.0 Å². The van der Waals surface area contributed by atoms with Crippen molar-refractivity contribution >= 4 is 48.3 Å². The minimum absolute atomic E-state index is 0.0826. The van der Waals surface area contributed by atoms with Crippen LogP contribution in [0.2, 0.25) is 5.02 Å². The molecule has 8 heteroatoms. The molecule has 20 heavy (non-hydrogen) atoms. The Morgan fingerprint density at radius 3 is 2.70 bits per heavy atom. The molecule has 1 aliphatic heterocycles. The number of rotatable bonds is 2. The molecule has 1 unspecified atom stereocenters. The van der Waals surface area contributed by atoms with Gasteiger partial charge in [0.25, 0.3) is 0 Å². The molecule has 1 amide bonds. The molecule has 1 fully saturated rings. The van der Waals surface area contributed by atoms with E-state index >= 15 is 0 Å². The lowest BCUT2D eigenvalue weighted by Crippen LogP contribution is -2.48. The standard InChI is InChI=1S/C12H8Cl2N2O3S/c13-9-4-3-8(12-7(9)2-1-5-15-12)10-6-11(17)16(10)20(14,18)19/h1-5,10H,6H2. The molecular weight excluding hydrogens is 323 g/mol. The van der Waals surface area contributed by atoms with Gasteiger partial charge in [-0.05, 0) is 18.2 Å². The quantitative estimate of drug-likeness (QED) is 0.627. The summed E-state index contributed by atoms with van der Waals surface area (Å²) in [6, 6.07) is 6.22. The molecule has 0 spiro atoms. The summed E-state index contributed by atoms with van der Waals surface area (Å²) in [7, 11) is 1.19. The highest BCUT2D eigenvalue weighted by Crippen LogP contribution is 2.41. The zero-order valence-corrected chi connectivity index (χ0v) is 12.3. The predicted molar refractivity (Wildman–Crippen MR) is 75.7 cm³/mol. The second-order valence-electron chi connectivity index (χ2n) is 4.39. The molecule has 1 aromatic heterocycles. The molecule has 2 heterocycles. The summed E-state index contributed by atoms with van der Waals surface area (Å²) in [4.78, 5) is 15.7. The van der Waals surface area contributed by atoms with Crippen LogP contribution in [0, 0.1) is 0 Å². The fraction of sp³-hybridized carbons (Fsp3) is 0.167. The number of hydrogen-bond donors (Lipinski definition) is 0. The number of carbonyl (C=O) groups is 1. The topological polar surface area (TPSA) is 67.3 Å². The minimum Gasteiger partial charge on any atom is -0.274 e. The van der Waals surface area contributed by atoms with Crippen molar-refractivity contribution in [2.24, 2.45) is 0 Å². The number of aromatic nitrogens is 1. The fourth-order valence-electron chi connectivity index (χ4n) is 2.34. The van der Waals surface area contributed by atoms with Gasteiger partial charge in [-0.3, -0.25) is 9.78 Å². The Bertz CT molecular complexity index is 823. The number of nitrogens with zero attached hydrogens (tertiary/aromatic N) is 2. The SMILES string of the molecule is O=C1CC(c2ccc(Cl)c3cccnc23)N1S(=O)(=O)Cl. The highest BCUT2D eigenvalue weighted by molar-refractivity contribution is 8.12. The summed E-state index contributed by atoms with van der Waals surface area (Å²) < 4.78 is 23.5. The maximum absolute atomic E-state index is 11.5. The van der Waals surface area contributed by atoms with E-state index in [0.717, 1.165) is 0 Å². The Kier molecular flexibility index (Phi) is 3.12. The predicted octanol–water partition coefficient (Wildman–Crippen LogP) is 2.65. The van der Waals surface area contributed by atoms with E-state index in [1.165, 1.54) is 0 Å². The number of hydrogen-bond acceptors (Lipinski definition) is 4. The normalized spacial score (nSPS) is 19.2. The van der Waals surface area contributed by atoms with Crippen molar-refractivity contribution < 1.29 is 13.2 Å². The second-order valence-corrected chi connectivity index (χ2v) is 7.18. The first-order valence-electron chi connectivity index (χ1n) is 5.69. The van der Waals surface area contributed by atoms with Crippen LogP contribution in [0.15, 0.2) is 30.5 Å². The van der Waals surface area contributed by atoms with E-state index in [4.69, 9.17) is 22.3 Å². The lowest BCUT2D eigenvalue weighted by Gasteiger charge is -2.37. The molecule has 104 valence electrons. The molecular formula is C12H8Cl2N2O3S. The van der Waals surface area contributed by atoms with Gasteiger partial charge in [0.2, 0.25) is 5.91 Å². The summed E-state index contributed by atoms with van der Waals surface area (Å²) in [5, 5.41) is 1.22. The Hall–Kier alpha value is -1.37. The number of benzene rings is 1. The van der Waals surface area contributed by atoms with Gasteiger partial charge in [0.1, 0.15) is 0 Å². The average Bonchev–Trinajstić information content (AvgIpc) is 2.35. The first-order chi connectivity index (χ1) is 9.39. The van der Waals surface area contributed by atoms with Gasteiger partial charge in [-0.25, -0.2) is 4.31 Å². The maximum atomic E-state index is 11.5. The monoisotopic (exact) mass is 330 g/mol. The first-order valence-corrected chi connectivity index (χ1v) is 8.34. The van der Waals surface area contributed by atoms with Crippen molar-refractivity contribution in [3.63, 3.8) is 0 Å². The lowest BCUT2D eigenvalue weighted by molar-refractivity contribution is -0.137. The molecule has 3 rings (SSSR count). The van der Waals surface area contributed by atoms with Crippen LogP contribution in [0.4, 0.5) is 0 Å². The smallest absolute Gasteiger partial charge is 0.274 e. The van der Waals surface area contributed by atoms with Gasteiger partial charge in [-0.2, -0.15) is 8.42 Å². The molecule has 0 saturated carbocycles. The Balaban J connectivity index is 2.17. The van der Waals surface area contributed by atoms with Crippen LogP contribution in [0.25, 0.3) is 10.9 Å².